The van der Waals surface area contributed by atoms with Crippen LogP contribution in [-0.2, 0) is 11.3 Å². The Bertz CT molecular complexity index is 663. The van der Waals surface area contributed by atoms with Crippen LogP contribution in [0.5, 0.6) is 0 Å². The number of guanidine groups is 1. The van der Waals surface area contributed by atoms with Crippen molar-refractivity contribution < 1.29 is 9.13 Å². The summed E-state index contributed by atoms with van der Waals surface area (Å²) in [6.45, 7) is 3.69. The highest BCUT2D eigenvalue weighted by Crippen LogP contribution is 2.15. The van der Waals surface area contributed by atoms with Crippen LogP contribution in [0.25, 0.3) is 0 Å². The van der Waals surface area contributed by atoms with Gasteiger partial charge in [0.05, 0.1) is 18.3 Å². The van der Waals surface area contributed by atoms with Crippen LogP contribution >= 0.6 is 0 Å². The molecule has 1 heterocycles. The standard InChI is InChI=1S/C19H25FN4O/c1-15(16-8-4-3-5-9-16)25-13-7-12-23-19(21-2)24-14-18-17(20)10-6-11-22-18/h3-6,8-11,15H,7,12-14H2,1-2H3,(H2,21,23,24). The fraction of sp³-hybridized carbons (Fsp3) is 0.368. The number of rotatable bonds is 8. The molecule has 0 spiro atoms. The predicted octanol–water partition coefficient (Wildman–Crippen LogP) is 3.05. The van der Waals surface area contributed by atoms with Crippen molar-refractivity contribution in [3.63, 3.8) is 0 Å². The van der Waals surface area contributed by atoms with E-state index in [1.165, 1.54) is 11.6 Å². The van der Waals surface area contributed by atoms with Crippen LogP contribution in [0, 0.1) is 5.82 Å². The second kappa shape index (κ2) is 10.4. The summed E-state index contributed by atoms with van der Waals surface area (Å²) in [5.41, 5.74) is 1.54. The molecule has 6 heteroatoms. The van der Waals surface area contributed by atoms with E-state index in [0.29, 0.717) is 24.8 Å². The number of aromatic nitrogens is 1. The third-order valence-electron chi connectivity index (χ3n) is 3.73. The van der Waals surface area contributed by atoms with E-state index in [1.54, 1.807) is 19.3 Å². The molecule has 2 aromatic rings. The van der Waals surface area contributed by atoms with E-state index in [1.807, 2.05) is 25.1 Å². The summed E-state index contributed by atoms with van der Waals surface area (Å²) in [6, 6.07) is 13.1. The number of halogens is 1. The van der Waals surface area contributed by atoms with E-state index in [-0.39, 0.29) is 18.5 Å². The molecule has 1 atom stereocenters. The molecule has 2 rings (SSSR count). The number of ether oxygens (including phenoxy) is 1. The van der Waals surface area contributed by atoms with Gasteiger partial charge in [-0.25, -0.2) is 4.39 Å². The van der Waals surface area contributed by atoms with Gasteiger partial charge in [0.25, 0.3) is 0 Å². The highest BCUT2D eigenvalue weighted by atomic mass is 19.1. The van der Waals surface area contributed by atoms with Crippen molar-refractivity contribution in [2.45, 2.75) is 26.0 Å². The topological polar surface area (TPSA) is 58.5 Å². The van der Waals surface area contributed by atoms with E-state index >= 15 is 0 Å². The van der Waals surface area contributed by atoms with Gasteiger partial charge in [-0.3, -0.25) is 9.98 Å². The first-order valence-electron chi connectivity index (χ1n) is 8.41. The Balaban J connectivity index is 1.64. The monoisotopic (exact) mass is 344 g/mol. The Labute approximate surface area is 148 Å². The Hall–Kier alpha value is -2.47. The second-order valence-electron chi connectivity index (χ2n) is 5.56. The lowest BCUT2D eigenvalue weighted by atomic mass is 10.1. The molecule has 2 N–H and O–H groups in total. The van der Waals surface area contributed by atoms with Crippen LogP contribution in [-0.4, -0.2) is 31.1 Å². The van der Waals surface area contributed by atoms with Gasteiger partial charge in [0, 0.05) is 26.4 Å². The van der Waals surface area contributed by atoms with Crippen LogP contribution in [0.1, 0.15) is 30.7 Å². The third-order valence-corrected chi connectivity index (χ3v) is 3.73. The molecule has 0 saturated heterocycles. The highest BCUT2D eigenvalue weighted by molar-refractivity contribution is 5.79. The minimum absolute atomic E-state index is 0.0748. The largest absolute Gasteiger partial charge is 0.374 e. The van der Waals surface area contributed by atoms with E-state index in [0.717, 1.165) is 6.42 Å². The zero-order chi connectivity index (χ0) is 17.9. The van der Waals surface area contributed by atoms with E-state index in [9.17, 15) is 4.39 Å². The SMILES string of the molecule is CN=C(NCCCOC(C)c1ccccc1)NCc1ncccc1F. The molecule has 0 aliphatic carbocycles. The summed E-state index contributed by atoms with van der Waals surface area (Å²) in [4.78, 5) is 8.12. The summed E-state index contributed by atoms with van der Waals surface area (Å²) in [7, 11) is 1.68. The van der Waals surface area contributed by atoms with Crippen molar-refractivity contribution in [1.82, 2.24) is 15.6 Å². The van der Waals surface area contributed by atoms with Crippen molar-refractivity contribution in [2.24, 2.45) is 4.99 Å². The van der Waals surface area contributed by atoms with Gasteiger partial charge in [-0.15, -0.1) is 0 Å². The lowest BCUT2D eigenvalue weighted by molar-refractivity contribution is 0.0646. The number of nitrogens with zero attached hydrogens (tertiary/aromatic N) is 2. The van der Waals surface area contributed by atoms with Gasteiger partial charge < -0.3 is 15.4 Å². The molecule has 0 saturated carbocycles. The molecule has 0 radical (unpaired) electrons. The molecular weight excluding hydrogens is 319 g/mol. The zero-order valence-corrected chi connectivity index (χ0v) is 14.7. The van der Waals surface area contributed by atoms with Gasteiger partial charge in [0.15, 0.2) is 5.96 Å². The minimum Gasteiger partial charge on any atom is -0.374 e. The van der Waals surface area contributed by atoms with Gasteiger partial charge in [-0.2, -0.15) is 0 Å². The highest BCUT2D eigenvalue weighted by Gasteiger charge is 2.05. The van der Waals surface area contributed by atoms with Crippen LogP contribution < -0.4 is 10.6 Å². The fourth-order valence-electron chi connectivity index (χ4n) is 2.30. The lowest BCUT2D eigenvalue weighted by Crippen LogP contribution is -2.38. The normalized spacial score (nSPS) is 12.7. The Morgan fingerprint density at radius 2 is 2.00 bits per heavy atom. The van der Waals surface area contributed by atoms with Gasteiger partial charge in [0.2, 0.25) is 0 Å². The van der Waals surface area contributed by atoms with Crippen LogP contribution in [0.2, 0.25) is 0 Å². The molecule has 1 aromatic heterocycles. The van der Waals surface area contributed by atoms with E-state index in [4.69, 9.17) is 4.74 Å². The molecule has 1 unspecified atom stereocenters. The Morgan fingerprint density at radius 1 is 1.20 bits per heavy atom. The first-order chi connectivity index (χ1) is 12.2. The van der Waals surface area contributed by atoms with Crippen molar-refractivity contribution in [1.29, 1.82) is 0 Å². The maximum Gasteiger partial charge on any atom is 0.191 e. The smallest absolute Gasteiger partial charge is 0.191 e. The molecule has 5 nitrogen and oxygen atoms in total. The van der Waals surface area contributed by atoms with Gasteiger partial charge in [0.1, 0.15) is 5.82 Å². The number of aliphatic imine (C=N–C) groups is 1. The summed E-state index contributed by atoms with van der Waals surface area (Å²) in [5, 5.41) is 6.23. The molecule has 0 aliphatic heterocycles. The molecular formula is C19H25FN4O. The molecule has 0 fully saturated rings. The summed E-state index contributed by atoms with van der Waals surface area (Å²) >= 11 is 0. The van der Waals surface area contributed by atoms with Crippen molar-refractivity contribution >= 4 is 5.96 Å². The zero-order valence-electron chi connectivity index (χ0n) is 14.7. The van der Waals surface area contributed by atoms with Crippen LogP contribution in [0.4, 0.5) is 4.39 Å². The fourth-order valence-corrected chi connectivity index (χ4v) is 2.30. The summed E-state index contributed by atoms with van der Waals surface area (Å²) in [5.74, 6) is 0.287. The maximum absolute atomic E-state index is 13.5. The van der Waals surface area contributed by atoms with Gasteiger partial charge in [-0.1, -0.05) is 30.3 Å². The third kappa shape index (κ3) is 6.51. The van der Waals surface area contributed by atoms with Crippen molar-refractivity contribution in [3.05, 3.63) is 65.7 Å². The van der Waals surface area contributed by atoms with Crippen LogP contribution in [0.3, 0.4) is 0 Å². The number of pyridine rings is 1. The van der Waals surface area contributed by atoms with Crippen LogP contribution in [0.15, 0.2) is 53.7 Å². The maximum atomic E-state index is 13.5. The summed E-state index contributed by atoms with van der Waals surface area (Å²) in [6.07, 6.45) is 2.49. The molecule has 0 aliphatic rings. The first-order valence-corrected chi connectivity index (χ1v) is 8.41. The first kappa shape index (κ1) is 18.9. The van der Waals surface area contributed by atoms with E-state index < -0.39 is 0 Å². The molecule has 25 heavy (non-hydrogen) atoms. The Kier molecular flexibility index (Phi) is 7.85. The second-order valence-corrected chi connectivity index (χ2v) is 5.56. The average Bonchev–Trinajstić information content (AvgIpc) is 2.65. The number of hydrogen-bond donors (Lipinski definition) is 2. The van der Waals surface area contributed by atoms with E-state index in [2.05, 4.69) is 32.7 Å². The number of nitrogens with one attached hydrogen (secondary N) is 2. The Morgan fingerprint density at radius 3 is 2.72 bits per heavy atom. The number of hydrogen-bond acceptors (Lipinski definition) is 3. The van der Waals surface area contributed by atoms with Crippen molar-refractivity contribution in [2.75, 3.05) is 20.2 Å². The molecule has 1 aromatic carbocycles. The molecule has 0 amide bonds. The van der Waals surface area contributed by atoms with Crippen molar-refractivity contribution in [3.8, 4) is 0 Å². The predicted molar refractivity (Wildman–Crippen MR) is 97.8 cm³/mol. The van der Waals surface area contributed by atoms with Gasteiger partial charge in [-0.05, 0) is 31.0 Å². The minimum atomic E-state index is -0.325. The average molecular weight is 344 g/mol. The molecule has 134 valence electrons. The van der Waals surface area contributed by atoms with Gasteiger partial charge >= 0.3 is 0 Å². The quantitative estimate of drug-likeness (QED) is 0.439. The number of benzene rings is 1. The molecule has 0 bridgehead atoms. The summed E-state index contributed by atoms with van der Waals surface area (Å²) < 4.78 is 19.4. The lowest BCUT2D eigenvalue weighted by Gasteiger charge is -2.15.